The summed E-state index contributed by atoms with van der Waals surface area (Å²) >= 11 is 0. The van der Waals surface area contributed by atoms with Crippen molar-refractivity contribution in [1.82, 2.24) is 19.3 Å². The molecule has 3 heterocycles. The Labute approximate surface area is 315 Å². The molecule has 0 N–H and O–H groups in total. The SMILES string of the molecule is Cc1cc(-c2ccccc2)c(-c2cnn(-c3cccc(Oc4ccc5c6ccccc6n(-c6cc(C(C)(C)C)ccn6)c5c4)c3)c2)c(-c2ccccc2)c1. The normalized spacial score (nSPS) is 11.7. The lowest BCUT2D eigenvalue weighted by Gasteiger charge is -2.20. The second kappa shape index (κ2) is 13.4. The highest BCUT2D eigenvalue weighted by Crippen LogP contribution is 2.42. The number of hydrogen-bond donors (Lipinski definition) is 0. The molecule has 0 aliphatic heterocycles. The van der Waals surface area contributed by atoms with Gasteiger partial charge in [0.1, 0.15) is 17.3 Å². The molecule has 0 saturated heterocycles. The first-order valence-corrected chi connectivity index (χ1v) is 18.4. The number of para-hydroxylation sites is 1. The summed E-state index contributed by atoms with van der Waals surface area (Å²) in [5, 5.41) is 7.22. The fourth-order valence-corrected chi connectivity index (χ4v) is 7.47. The van der Waals surface area contributed by atoms with Gasteiger partial charge in [-0.2, -0.15) is 5.10 Å². The molecule has 9 aromatic rings. The van der Waals surface area contributed by atoms with Crippen LogP contribution in [0.15, 0.2) is 170 Å². The Morgan fingerprint density at radius 1 is 0.574 bits per heavy atom. The maximum absolute atomic E-state index is 6.60. The average molecular weight is 701 g/mol. The second-order valence-electron chi connectivity index (χ2n) is 14.9. The molecule has 5 nitrogen and oxygen atoms in total. The molecular weight excluding hydrogens is 661 g/mol. The molecule has 3 aromatic heterocycles. The van der Waals surface area contributed by atoms with Crippen molar-refractivity contribution in [3.8, 4) is 56.4 Å². The van der Waals surface area contributed by atoms with Crippen LogP contribution in [0.5, 0.6) is 11.5 Å². The molecule has 0 radical (unpaired) electrons. The van der Waals surface area contributed by atoms with Gasteiger partial charge < -0.3 is 4.74 Å². The number of aromatic nitrogens is 4. The summed E-state index contributed by atoms with van der Waals surface area (Å²) in [5.41, 5.74) is 12.4. The van der Waals surface area contributed by atoms with Gasteiger partial charge in [0, 0.05) is 46.4 Å². The van der Waals surface area contributed by atoms with Crippen LogP contribution in [0.4, 0.5) is 0 Å². The first-order valence-electron chi connectivity index (χ1n) is 18.4. The molecule has 0 aliphatic carbocycles. The highest BCUT2D eigenvalue weighted by Gasteiger charge is 2.20. The van der Waals surface area contributed by atoms with E-state index >= 15 is 0 Å². The Kier molecular flexibility index (Phi) is 8.20. The van der Waals surface area contributed by atoms with Crippen LogP contribution in [0.25, 0.3) is 66.7 Å². The van der Waals surface area contributed by atoms with Gasteiger partial charge in [-0.1, -0.05) is 118 Å². The van der Waals surface area contributed by atoms with Crippen LogP contribution in [-0.2, 0) is 5.41 Å². The van der Waals surface area contributed by atoms with Crippen LogP contribution in [0.1, 0.15) is 31.9 Å². The van der Waals surface area contributed by atoms with Crippen molar-refractivity contribution < 1.29 is 4.74 Å². The molecule has 262 valence electrons. The quantitative estimate of drug-likeness (QED) is 0.166. The number of hydrogen-bond acceptors (Lipinski definition) is 3. The average Bonchev–Trinajstić information content (AvgIpc) is 3.81. The largest absolute Gasteiger partial charge is 0.457 e. The first-order chi connectivity index (χ1) is 26.3. The zero-order valence-electron chi connectivity index (χ0n) is 30.9. The van der Waals surface area contributed by atoms with Crippen LogP contribution in [0.3, 0.4) is 0 Å². The standard InChI is InChI=1S/C49H40N4O/c1-33-26-43(34-14-7-5-8-15-34)48(44(27-33)35-16-9-6-10-17-35)36-31-51-52(32-36)38-18-13-19-39(29-38)54-40-22-23-42-41-20-11-12-21-45(41)53(46(42)30-40)47-28-37(24-25-50-47)49(2,3)4/h5-32H,1-4H3. The fraction of sp³-hybridized carbons (Fsp3) is 0.102. The summed E-state index contributed by atoms with van der Waals surface area (Å²) < 4.78 is 10.8. The molecule has 0 saturated carbocycles. The lowest BCUT2D eigenvalue weighted by molar-refractivity contribution is 0.483. The minimum absolute atomic E-state index is 0.000415. The summed E-state index contributed by atoms with van der Waals surface area (Å²) in [6, 6.07) is 53.0. The van der Waals surface area contributed by atoms with Crippen molar-refractivity contribution in [2.24, 2.45) is 0 Å². The van der Waals surface area contributed by atoms with Crippen molar-refractivity contribution >= 4 is 21.8 Å². The smallest absolute Gasteiger partial charge is 0.137 e. The topological polar surface area (TPSA) is 44.9 Å². The van der Waals surface area contributed by atoms with Crippen molar-refractivity contribution in [1.29, 1.82) is 0 Å². The minimum atomic E-state index is -0.000415. The number of ether oxygens (including phenoxy) is 1. The van der Waals surface area contributed by atoms with Gasteiger partial charge in [0.15, 0.2) is 0 Å². The zero-order valence-corrected chi connectivity index (χ0v) is 30.9. The van der Waals surface area contributed by atoms with Gasteiger partial charge in [-0.25, -0.2) is 9.67 Å². The highest BCUT2D eigenvalue weighted by molar-refractivity contribution is 6.09. The number of rotatable bonds is 7. The predicted octanol–water partition coefficient (Wildman–Crippen LogP) is 12.8. The Morgan fingerprint density at radius 3 is 1.96 bits per heavy atom. The van der Waals surface area contributed by atoms with Crippen LogP contribution >= 0.6 is 0 Å². The number of aryl methyl sites for hydroxylation is 1. The molecule has 54 heavy (non-hydrogen) atoms. The van der Waals surface area contributed by atoms with Crippen LogP contribution in [0, 0.1) is 6.92 Å². The van der Waals surface area contributed by atoms with E-state index in [-0.39, 0.29) is 5.41 Å². The lowest BCUT2D eigenvalue weighted by Crippen LogP contribution is -2.12. The molecule has 0 atom stereocenters. The van der Waals surface area contributed by atoms with Crippen molar-refractivity contribution in [2.75, 3.05) is 0 Å². The van der Waals surface area contributed by atoms with Crippen molar-refractivity contribution in [3.05, 3.63) is 181 Å². The molecule has 0 spiro atoms. The highest BCUT2D eigenvalue weighted by atomic mass is 16.5. The number of nitrogens with zero attached hydrogens (tertiary/aromatic N) is 4. The van der Waals surface area contributed by atoms with Gasteiger partial charge >= 0.3 is 0 Å². The summed E-state index contributed by atoms with van der Waals surface area (Å²) in [6.07, 6.45) is 5.99. The van der Waals surface area contributed by atoms with E-state index in [1.54, 1.807) is 0 Å². The van der Waals surface area contributed by atoms with Gasteiger partial charge in [-0.05, 0) is 88.2 Å². The van der Waals surface area contributed by atoms with Crippen molar-refractivity contribution in [2.45, 2.75) is 33.1 Å². The van der Waals surface area contributed by atoms with E-state index in [0.717, 1.165) is 50.6 Å². The number of fused-ring (bicyclic) bond motifs is 3. The third-order valence-corrected chi connectivity index (χ3v) is 10.1. The Bertz CT molecular complexity index is 2730. The third kappa shape index (κ3) is 6.14. The Morgan fingerprint density at radius 2 is 1.24 bits per heavy atom. The molecule has 0 amide bonds. The predicted molar refractivity (Wildman–Crippen MR) is 222 cm³/mol. The Hall–Kier alpha value is -6.72. The molecule has 0 unspecified atom stereocenters. The molecular formula is C49H40N4O. The number of benzene rings is 6. The van der Waals surface area contributed by atoms with Crippen LogP contribution in [-0.4, -0.2) is 19.3 Å². The molecule has 9 rings (SSSR count). The molecule has 0 bridgehead atoms. The maximum atomic E-state index is 6.60. The maximum Gasteiger partial charge on any atom is 0.137 e. The van der Waals surface area contributed by atoms with E-state index in [1.807, 2.05) is 41.3 Å². The van der Waals surface area contributed by atoms with Gasteiger partial charge in [-0.3, -0.25) is 4.57 Å². The lowest BCUT2D eigenvalue weighted by atomic mass is 9.87. The van der Waals surface area contributed by atoms with E-state index in [1.165, 1.54) is 38.8 Å². The summed E-state index contributed by atoms with van der Waals surface area (Å²) in [5.74, 6) is 2.36. The summed E-state index contributed by atoms with van der Waals surface area (Å²) in [6.45, 7) is 8.86. The molecule has 6 aromatic carbocycles. The van der Waals surface area contributed by atoms with E-state index in [2.05, 4.69) is 166 Å². The summed E-state index contributed by atoms with van der Waals surface area (Å²) in [7, 11) is 0. The molecule has 5 heteroatoms. The second-order valence-corrected chi connectivity index (χ2v) is 14.9. The van der Waals surface area contributed by atoms with E-state index in [9.17, 15) is 0 Å². The van der Waals surface area contributed by atoms with Gasteiger partial charge in [0.2, 0.25) is 0 Å². The number of pyridine rings is 1. The van der Waals surface area contributed by atoms with E-state index in [0.29, 0.717) is 0 Å². The zero-order chi connectivity index (χ0) is 36.8. The van der Waals surface area contributed by atoms with Crippen LogP contribution in [0.2, 0.25) is 0 Å². The van der Waals surface area contributed by atoms with Gasteiger partial charge in [0.25, 0.3) is 0 Å². The third-order valence-electron chi connectivity index (χ3n) is 10.1. The fourth-order valence-electron chi connectivity index (χ4n) is 7.47. The molecule has 0 fully saturated rings. The minimum Gasteiger partial charge on any atom is -0.457 e. The summed E-state index contributed by atoms with van der Waals surface area (Å²) in [4.78, 5) is 4.84. The Balaban J connectivity index is 1.09. The van der Waals surface area contributed by atoms with E-state index < -0.39 is 0 Å². The van der Waals surface area contributed by atoms with Crippen molar-refractivity contribution in [3.63, 3.8) is 0 Å². The molecule has 0 aliphatic rings. The van der Waals surface area contributed by atoms with E-state index in [4.69, 9.17) is 14.8 Å². The monoisotopic (exact) mass is 700 g/mol. The first kappa shape index (κ1) is 33.1. The van der Waals surface area contributed by atoms with Gasteiger partial charge in [0.05, 0.1) is 22.9 Å². The van der Waals surface area contributed by atoms with Gasteiger partial charge in [-0.15, -0.1) is 0 Å². The van der Waals surface area contributed by atoms with Crippen LogP contribution < -0.4 is 4.74 Å².